The molecule has 5 atom stereocenters. The van der Waals surface area contributed by atoms with Gasteiger partial charge in [0.15, 0.2) is 0 Å². The minimum absolute atomic E-state index is 0.0238. The molecule has 52 heavy (non-hydrogen) atoms. The van der Waals surface area contributed by atoms with Crippen molar-refractivity contribution >= 4 is 46.4 Å². The summed E-state index contributed by atoms with van der Waals surface area (Å²) >= 11 is 0. The highest BCUT2D eigenvalue weighted by Crippen LogP contribution is 2.20. The summed E-state index contributed by atoms with van der Waals surface area (Å²) in [6, 6.07) is 10.5. The number of fused-ring (bicyclic) bond motifs is 1. The average molecular weight is 717 g/mol. The highest BCUT2D eigenvalue weighted by molar-refractivity contribution is 5.99. The molecule has 13 nitrogen and oxygen atoms in total. The van der Waals surface area contributed by atoms with Crippen LogP contribution in [0.25, 0.3) is 10.9 Å². The topological polar surface area (TPSA) is 188 Å². The minimum atomic E-state index is -1.48. The largest absolute Gasteiger partial charge is 0.460 e. The van der Waals surface area contributed by atoms with Crippen molar-refractivity contribution in [3.63, 3.8) is 0 Å². The van der Waals surface area contributed by atoms with Crippen LogP contribution in [0.15, 0.2) is 60.8 Å². The zero-order valence-electron chi connectivity index (χ0n) is 31.0. The molecule has 2 heterocycles. The number of aromatic amines is 1. The van der Waals surface area contributed by atoms with Crippen LogP contribution in [-0.2, 0) is 46.3 Å². The second-order valence-corrected chi connectivity index (χ2v) is 15.1. The lowest BCUT2D eigenvalue weighted by Crippen LogP contribution is -2.59. The van der Waals surface area contributed by atoms with Crippen LogP contribution >= 0.6 is 0 Å². The van der Waals surface area contributed by atoms with Crippen molar-refractivity contribution in [3.05, 3.63) is 71.9 Å². The van der Waals surface area contributed by atoms with Gasteiger partial charge in [-0.15, -0.1) is 0 Å². The summed E-state index contributed by atoms with van der Waals surface area (Å²) in [6.07, 6.45) is 1.52. The molecule has 0 unspecified atom stereocenters. The molecule has 1 aromatic heterocycles. The van der Waals surface area contributed by atoms with Gasteiger partial charge in [-0.1, -0.05) is 76.2 Å². The van der Waals surface area contributed by atoms with Crippen LogP contribution < -0.4 is 26.6 Å². The van der Waals surface area contributed by atoms with Crippen LogP contribution in [0.4, 0.5) is 0 Å². The number of ether oxygens (including phenoxy) is 1. The first-order valence-corrected chi connectivity index (χ1v) is 17.8. The summed E-state index contributed by atoms with van der Waals surface area (Å²) < 4.78 is 5.50. The lowest BCUT2D eigenvalue weighted by molar-refractivity contribution is -0.156. The summed E-state index contributed by atoms with van der Waals surface area (Å²) in [4.78, 5) is 86.3. The number of aromatic nitrogens is 1. The number of carbonyl (C=O) groups is 6. The molecule has 6 N–H and O–H groups in total. The Kier molecular flexibility index (Phi) is 13.2. The Labute approximate surface area is 304 Å². The van der Waals surface area contributed by atoms with E-state index in [-0.39, 0.29) is 25.2 Å². The van der Waals surface area contributed by atoms with Crippen LogP contribution in [0.5, 0.6) is 0 Å². The number of hydrogen-bond acceptors (Lipinski definition) is 7. The molecule has 0 saturated carbocycles. The Morgan fingerprint density at radius 3 is 1.85 bits per heavy atom. The number of H-pyrrole nitrogens is 1. The number of benzene rings is 2. The summed E-state index contributed by atoms with van der Waals surface area (Å²) in [5.41, 5.74) is 1.40. The lowest BCUT2D eigenvalue weighted by Gasteiger charge is -2.28. The molecule has 1 aliphatic heterocycles. The summed E-state index contributed by atoms with van der Waals surface area (Å²) in [5, 5.41) is 14.7. The Hall–Kier alpha value is -5.20. The van der Waals surface area contributed by atoms with E-state index in [2.05, 4.69) is 31.6 Å². The fourth-order valence-electron chi connectivity index (χ4n) is 6.12. The van der Waals surface area contributed by atoms with E-state index in [0.29, 0.717) is 0 Å². The van der Waals surface area contributed by atoms with Crippen LogP contribution in [0, 0.1) is 11.8 Å². The molecule has 280 valence electrons. The van der Waals surface area contributed by atoms with E-state index < -0.39 is 83.7 Å². The fraction of sp³-hybridized carbons (Fsp3) is 0.487. The Balaban J connectivity index is 1.80. The smallest absolute Gasteiger partial charge is 0.308 e. The van der Waals surface area contributed by atoms with E-state index in [9.17, 15) is 28.8 Å². The van der Waals surface area contributed by atoms with Crippen molar-refractivity contribution in [2.75, 3.05) is 0 Å². The maximum atomic E-state index is 14.2. The van der Waals surface area contributed by atoms with E-state index in [0.717, 1.165) is 22.0 Å². The molecule has 2 aromatic carbocycles. The average Bonchev–Trinajstić information content (AvgIpc) is 3.47. The molecule has 4 rings (SSSR count). The molecule has 5 amide bonds. The SMILES string of the molecule is CC(C)C[C@@H]1NC(=O)[C@@H](C(C)C)NC(=O)[C@H](Cc2ccccc2)NC(=O)[C@@H](CC(=O)OC(C)(C)C)NC(=O)[C@@H](Cc2c[nH]c3ccccc23)NC1=O. The van der Waals surface area contributed by atoms with Crippen molar-refractivity contribution in [1.82, 2.24) is 31.6 Å². The molecule has 0 radical (unpaired) electrons. The number of amides is 5. The molecular weight excluding hydrogens is 664 g/mol. The second-order valence-electron chi connectivity index (χ2n) is 15.1. The van der Waals surface area contributed by atoms with Gasteiger partial charge in [0.25, 0.3) is 0 Å². The van der Waals surface area contributed by atoms with Gasteiger partial charge in [0.05, 0.1) is 6.42 Å². The summed E-state index contributed by atoms with van der Waals surface area (Å²) in [5.74, 6) is -4.56. The molecule has 3 aromatic rings. The zero-order chi connectivity index (χ0) is 38.2. The van der Waals surface area contributed by atoms with Gasteiger partial charge >= 0.3 is 5.97 Å². The fourth-order valence-corrected chi connectivity index (χ4v) is 6.12. The van der Waals surface area contributed by atoms with Gasteiger partial charge in [0.2, 0.25) is 29.5 Å². The van der Waals surface area contributed by atoms with Gasteiger partial charge in [-0.3, -0.25) is 28.8 Å². The lowest BCUT2D eigenvalue weighted by atomic mass is 9.98. The van der Waals surface area contributed by atoms with Crippen LogP contribution in [0.3, 0.4) is 0 Å². The molecule has 13 heteroatoms. The van der Waals surface area contributed by atoms with Gasteiger partial charge in [-0.05, 0) is 56.2 Å². The number of carbonyl (C=O) groups excluding carboxylic acids is 6. The Bertz CT molecular complexity index is 1750. The highest BCUT2D eigenvalue weighted by Gasteiger charge is 2.37. The monoisotopic (exact) mass is 716 g/mol. The van der Waals surface area contributed by atoms with Crippen LogP contribution in [-0.4, -0.2) is 76.3 Å². The number of rotatable bonds is 9. The normalized spacial score (nSPS) is 22.5. The Morgan fingerprint density at radius 1 is 0.673 bits per heavy atom. The second kappa shape index (κ2) is 17.3. The van der Waals surface area contributed by atoms with E-state index in [1.807, 2.05) is 44.2 Å². The minimum Gasteiger partial charge on any atom is -0.460 e. The zero-order valence-corrected chi connectivity index (χ0v) is 31.0. The Morgan fingerprint density at radius 2 is 1.21 bits per heavy atom. The van der Waals surface area contributed by atoms with Crippen molar-refractivity contribution in [2.24, 2.45) is 11.8 Å². The van der Waals surface area contributed by atoms with Gasteiger partial charge in [-0.2, -0.15) is 0 Å². The standard InChI is InChI=1S/C39H52N6O7/c1-22(2)17-28-34(47)42-30(19-25-21-40-27-16-12-11-15-26(25)27)35(48)43-31(20-32(46)52-39(5,6)7)36(49)41-29(18-24-13-9-8-10-14-24)37(50)45-33(23(3)4)38(51)44-28/h8-16,21-23,28-31,33,40H,17-20H2,1-7H3,(H,41,49)(H,42,47)(H,43,48)(H,44,51)(H,45,50)/t28-,29-,30+,31+,33+/m0/s1. The van der Waals surface area contributed by atoms with E-state index in [1.165, 1.54) is 0 Å². The highest BCUT2D eigenvalue weighted by atomic mass is 16.6. The third kappa shape index (κ3) is 11.1. The van der Waals surface area contributed by atoms with Crippen molar-refractivity contribution in [1.29, 1.82) is 0 Å². The van der Waals surface area contributed by atoms with Crippen LogP contribution in [0.1, 0.15) is 72.4 Å². The third-order valence-electron chi connectivity index (χ3n) is 8.66. The quantitative estimate of drug-likeness (QED) is 0.184. The molecule has 1 aliphatic rings. The van der Waals surface area contributed by atoms with Gasteiger partial charge in [0.1, 0.15) is 35.8 Å². The number of hydrogen-bond donors (Lipinski definition) is 6. The van der Waals surface area contributed by atoms with E-state index >= 15 is 0 Å². The first-order valence-electron chi connectivity index (χ1n) is 17.8. The maximum absolute atomic E-state index is 14.2. The predicted octanol–water partition coefficient (Wildman–Crippen LogP) is 2.82. The molecule has 0 bridgehead atoms. The number of nitrogens with one attached hydrogen (secondary N) is 6. The molecule has 0 aliphatic carbocycles. The molecule has 1 fully saturated rings. The van der Waals surface area contributed by atoms with Crippen molar-refractivity contribution in [3.8, 4) is 0 Å². The van der Waals surface area contributed by atoms with Gasteiger partial charge in [0, 0.05) is 29.9 Å². The summed E-state index contributed by atoms with van der Waals surface area (Å²) in [6.45, 7) is 12.4. The van der Waals surface area contributed by atoms with Gasteiger partial charge < -0.3 is 36.3 Å². The van der Waals surface area contributed by atoms with Crippen LogP contribution in [0.2, 0.25) is 0 Å². The number of esters is 1. The predicted molar refractivity (Wildman–Crippen MR) is 197 cm³/mol. The van der Waals surface area contributed by atoms with Crippen molar-refractivity contribution in [2.45, 2.75) is 110 Å². The van der Waals surface area contributed by atoms with E-state index in [1.54, 1.807) is 65.1 Å². The summed E-state index contributed by atoms with van der Waals surface area (Å²) in [7, 11) is 0. The molecular formula is C39H52N6O7. The molecule has 0 spiro atoms. The maximum Gasteiger partial charge on any atom is 0.308 e. The molecule has 1 saturated heterocycles. The van der Waals surface area contributed by atoms with Gasteiger partial charge in [-0.25, -0.2) is 0 Å². The first kappa shape index (κ1) is 39.6. The van der Waals surface area contributed by atoms with E-state index in [4.69, 9.17) is 4.74 Å². The number of para-hydroxylation sites is 1. The third-order valence-corrected chi connectivity index (χ3v) is 8.66. The van der Waals surface area contributed by atoms with Crippen molar-refractivity contribution < 1.29 is 33.5 Å². The first-order chi connectivity index (χ1) is 24.5.